The fourth-order valence-electron chi connectivity index (χ4n) is 2.46. The Morgan fingerprint density at radius 2 is 1.56 bits per heavy atom. The van der Waals surface area contributed by atoms with Gasteiger partial charge in [-0.25, -0.2) is 14.3 Å². The first-order valence-corrected chi connectivity index (χ1v) is 10.4. The van der Waals surface area contributed by atoms with Crippen LogP contribution in [0.15, 0.2) is 0 Å². The number of carbonyl (C=O) groups is 2. The summed E-state index contributed by atoms with van der Waals surface area (Å²) in [7, 11) is -4.06. The summed E-state index contributed by atoms with van der Waals surface area (Å²) < 4.78 is 38.6. The van der Waals surface area contributed by atoms with Crippen LogP contribution < -0.4 is 4.72 Å². The lowest BCUT2D eigenvalue weighted by Gasteiger charge is -2.42. The molecule has 27 heavy (non-hydrogen) atoms. The van der Waals surface area contributed by atoms with Crippen molar-refractivity contribution in [2.24, 2.45) is 5.92 Å². The summed E-state index contributed by atoms with van der Waals surface area (Å²) in [6.45, 7) is 14.8. The molecular weight excluding hydrogens is 374 g/mol. The van der Waals surface area contributed by atoms with Gasteiger partial charge in [-0.1, -0.05) is 0 Å². The van der Waals surface area contributed by atoms with E-state index in [0.717, 1.165) is 0 Å². The Balaban J connectivity index is 2.65. The summed E-state index contributed by atoms with van der Waals surface area (Å²) in [5.41, 5.74) is -1.38. The van der Waals surface area contributed by atoms with Crippen molar-refractivity contribution in [3.05, 3.63) is 0 Å². The van der Waals surface area contributed by atoms with Gasteiger partial charge in [-0.15, -0.1) is 0 Å². The molecule has 0 aliphatic carbocycles. The highest BCUT2D eigenvalue weighted by Crippen LogP contribution is 2.22. The molecule has 0 unspecified atom stereocenters. The van der Waals surface area contributed by atoms with Crippen molar-refractivity contribution >= 4 is 22.4 Å². The zero-order valence-corrected chi connectivity index (χ0v) is 18.3. The third-order valence-electron chi connectivity index (χ3n) is 3.54. The van der Waals surface area contributed by atoms with Crippen molar-refractivity contribution in [2.45, 2.75) is 72.6 Å². The molecule has 0 spiro atoms. The van der Waals surface area contributed by atoms with Gasteiger partial charge in [0.2, 0.25) is 0 Å². The highest BCUT2D eigenvalue weighted by Gasteiger charge is 2.38. The number of likely N-dealkylation sites (tertiary alicyclic amines) is 1. The summed E-state index contributed by atoms with van der Waals surface area (Å²) in [6.07, 6.45) is -1.43. The van der Waals surface area contributed by atoms with Crippen LogP contribution in [0.25, 0.3) is 0 Å². The maximum atomic E-state index is 12.6. The molecule has 0 aromatic rings. The van der Waals surface area contributed by atoms with Gasteiger partial charge in [-0.3, -0.25) is 0 Å². The van der Waals surface area contributed by atoms with E-state index in [-0.39, 0.29) is 18.5 Å². The third-order valence-corrected chi connectivity index (χ3v) is 5.16. The average Bonchev–Trinajstić information content (AvgIpc) is 2.29. The maximum absolute atomic E-state index is 12.6. The smallest absolute Gasteiger partial charge is 0.422 e. The van der Waals surface area contributed by atoms with E-state index < -0.39 is 33.6 Å². The molecule has 0 saturated carbocycles. The first kappa shape index (κ1) is 23.5. The van der Waals surface area contributed by atoms with Crippen molar-refractivity contribution in [1.29, 1.82) is 0 Å². The van der Waals surface area contributed by atoms with Crippen LogP contribution in [-0.2, 0) is 19.7 Å². The van der Waals surface area contributed by atoms with E-state index >= 15 is 0 Å². The van der Waals surface area contributed by atoms with Crippen LogP contribution in [0.2, 0.25) is 0 Å². The van der Waals surface area contributed by atoms with Gasteiger partial charge in [0.1, 0.15) is 11.2 Å². The molecule has 1 saturated heterocycles. The highest BCUT2D eigenvalue weighted by molar-refractivity contribution is 7.87. The predicted octanol–water partition coefficient (Wildman–Crippen LogP) is 2.33. The van der Waals surface area contributed by atoms with Crippen molar-refractivity contribution < 1.29 is 27.5 Å². The van der Waals surface area contributed by atoms with Crippen LogP contribution in [0.1, 0.15) is 55.4 Å². The summed E-state index contributed by atoms with van der Waals surface area (Å²) in [4.78, 5) is 25.3. The largest absolute Gasteiger partial charge is 0.444 e. The minimum Gasteiger partial charge on any atom is -0.444 e. The van der Waals surface area contributed by atoms with Crippen LogP contribution in [0.5, 0.6) is 0 Å². The summed E-state index contributed by atoms with van der Waals surface area (Å²) in [5, 5.41) is 0. The molecule has 1 aliphatic heterocycles. The zero-order chi connectivity index (χ0) is 21.2. The minimum atomic E-state index is -4.06. The molecular formula is C17H33N3O6S. The SMILES string of the molecule is CC(C)N(CC1CN(C(=O)OC(C)(C)C)C1)S(=O)(=O)NC(=O)OC(C)(C)C. The highest BCUT2D eigenvalue weighted by atomic mass is 32.2. The van der Waals surface area contributed by atoms with Crippen LogP contribution in [-0.4, -0.2) is 66.7 Å². The lowest BCUT2D eigenvalue weighted by atomic mass is 10.0. The first-order valence-electron chi connectivity index (χ1n) is 9.00. The van der Waals surface area contributed by atoms with Crippen LogP contribution in [0.3, 0.4) is 0 Å². The monoisotopic (exact) mass is 407 g/mol. The van der Waals surface area contributed by atoms with Crippen molar-refractivity contribution in [3.63, 3.8) is 0 Å². The van der Waals surface area contributed by atoms with E-state index in [4.69, 9.17) is 9.47 Å². The molecule has 9 nitrogen and oxygen atoms in total. The summed E-state index contributed by atoms with van der Waals surface area (Å²) >= 11 is 0. The van der Waals surface area contributed by atoms with Crippen molar-refractivity contribution in [1.82, 2.24) is 13.9 Å². The topological polar surface area (TPSA) is 105 Å². The fourth-order valence-corrected chi connectivity index (χ4v) is 3.80. The Kier molecular flexibility index (Phi) is 7.15. The van der Waals surface area contributed by atoms with E-state index in [9.17, 15) is 18.0 Å². The number of nitrogens with zero attached hydrogens (tertiary/aromatic N) is 2. The van der Waals surface area contributed by atoms with Gasteiger partial charge in [0, 0.05) is 31.6 Å². The third kappa shape index (κ3) is 7.92. The number of carbonyl (C=O) groups excluding carboxylic acids is 2. The Hall–Kier alpha value is -1.55. The van der Waals surface area contributed by atoms with Gasteiger partial charge >= 0.3 is 22.4 Å². The van der Waals surface area contributed by atoms with E-state index in [2.05, 4.69) is 0 Å². The molecule has 0 atom stereocenters. The van der Waals surface area contributed by atoms with Crippen molar-refractivity contribution in [2.75, 3.05) is 19.6 Å². The molecule has 1 heterocycles. The Labute approximate surface area is 162 Å². The van der Waals surface area contributed by atoms with Crippen LogP contribution >= 0.6 is 0 Å². The number of hydrogen-bond acceptors (Lipinski definition) is 6. The van der Waals surface area contributed by atoms with Gasteiger partial charge in [0.15, 0.2) is 0 Å². The molecule has 0 radical (unpaired) electrons. The van der Waals surface area contributed by atoms with Gasteiger partial charge in [-0.05, 0) is 55.4 Å². The first-order chi connectivity index (χ1) is 12.0. The van der Waals surface area contributed by atoms with Gasteiger partial charge < -0.3 is 14.4 Å². The Bertz CT molecular complexity index is 643. The molecule has 0 bridgehead atoms. The molecule has 1 aliphatic rings. The fraction of sp³-hybridized carbons (Fsp3) is 0.882. The summed E-state index contributed by atoms with van der Waals surface area (Å²) in [5.74, 6) is -0.0323. The number of amides is 2. The Morgan fingerprint density at radius 1 is 1.07 bits per heavy atom. The number of rotatable bonds is 5. The van der Waals surface area contributed by atoms with Gasteiger partial charge in [-0.2, -0.15) is 12.7 Å². The molecule has 2 amide bonds. The minimum absolute atomic E-state index is 0.0323. The molecule has 158 valence electrons. The van der Waals surface area contributed by atoms with E-state index in [1.807, 2.05) is 4.72 Å². The molecule has 1 N–H and O–H groups in total. The average molecular weight is 408 g/mol. The van der Waals surface area contributed by atoms with E-state index in [0.29, 0.717) is 13.1 Å². The van der Waals surface area contributed by atoms with Crippen LogP contribution in [0.4, 0.5) is 9.59 Å². The van der Waals surface area contributed by atoms with E-state index in [1.165, 1.54) is 9.21 Å². The summed E-state index contributed by atoms with van der Waals surface area (Å²) in [6, 6.07) is -0.361. The Morgan fingerprint density at radius 3 is 1.96 bits per heavy atom. The van der Waals surface area contributed by atoms with Gasteiger partial charge in [0.05, 0.1) is 0 Å². The zero-order valence-electron chi connectivity index (χ0n) is 17.5. The molecule has 1 fully saturated rings. The lowest BCUT2D eigenvalue weighted by Crippen LogP contribution is -2.57. The normalized spacial score (nSPS) is 16.3. The van der Waals surface area contributed by atoms with Gasteiger partial charge in [0.25, 0.3) is 0 Å². The molecule has 10 heteroatoms. The molecule has 0 aromatic heterocycles. The quantitative estimate of drug-likeness (QED) is 0.750. The molecule has 0 aromatic carbocycles. The predicted molar refractivity (Wildman–Crippen MR) is 101 cm³/mol. The number of ether oxygens (including phenoxy) is 2. The van der Waals surface area contributed by atoms with E-state index in [1.54, 1.807) is 55.4 Å². The second-order valence-electron chi connectivity index (χ2n) is 9.02. The second kappa shape index (κ2) is 8.22. The number of hydrogen-bond donors (Lipinski definition) is 1. The van der Waals surface area contributed by atoms with Crippen molar-refractivity contribution in [3.8, 4) is 0 Å². The second-order valence-corrected chi connectivity index (χ2v) is 10.6. The maximum Gasteiger partial charge on any atom is 0.422 e. The molecule has 1 rings (SSSR count). The number of nitrogens with one attached hydrogen (secondary N) is 1. The van der Waals surface area contributed by atoms with Crippen LogP contribution in [0, 0.1) is 5.92 Å². The standard InChI is InChI=1S/C17H33N3O6S/c1-12(2)20(27(23,24)18-14(21)25-16(3,4)5)11-13-9-19(10-13)15(22)26-17(6,7)8/h12-13H,9-11H2,1-8H3,(H,18,21). The lowest BCUT2D eigenvalue weighted by molar-refractivity contribution is -0.00379.